The maximum Gasteiger partial charge on any atom is 0.336 e. The molecule has 3 atom stereocenters. The average molecular weight is 676 g/mol. The number of nitrogens with one attached hydrogen (secondary N) is 3. The quantitative estimate of drug-likeness (QED) is 0.0523. The normalized spacial score (nSPS) is 18.2. The Kier molecular flexibility index (Phi) is 10.8. The van der Waals surface area contributed by atoms with Gasteiger partial charge >= 0.3 is 12.0 Å². The summed E-state index contributed by atoms with van der Waals surface area (Å²) in [7, 11) is 0. The molecule has 0 unspecified atom stereocenters. The maximum absolute atomic E-state index is 12.1. The van der Waals surface area contributed by atoms with Gasteiger partial charge in [0.05, 0.1) is 22.6 Å². The largest absolute Gasteiger partial charge is 0.508 e. The predicted molar refractivity (Wildman–Crippen MR) is 189 cm³/mol. The number of carboxylic acids is 1. The first kappa shape index (κ1) is 33.9. The van der Waals surface area contributed by atoms with Crippen molar-refractivity contribution in [1.82, 2.24) is 10.6 Å². The van der Waals surface area contributed by atoms with E-state index in [-0.39, 0.29) is 22.8 Å². The summed E-state index contributed by atoms with van der Waals surface area (Å²) in [4.78, 5) is 46.9. The fraction of sp³-hybridized carbons (Fsp3) is 0.343. The van der Waals surface area contributed by atoms with E-state index >= 15 is 0 Å². The minimum Gasteiger partial charge on any atom is -0.508 e. The van der Waals surface area contributed by atoms with Crippen molar-refractivity contribution in [3.8, 4) is 28.2 Å². The molecule has 4 aliphatic rings. The Hall–Kier alpha value is -4.42. The lowest BCUT2D eigenvalue weighted by atomic mass is 9.90. The number of phenols is 1. The molecule has 0 aromatic heterocycles. The minimum absolute atomic E-state index is 0.000844. The molecule has 5 N–H and O–H groups in total. The van der Waals surface area contributed by atoms with Gasteiger partial charge in [0.1, 0.15) is 22.9 Å². The van der Waals surface area contributed by atoms with Gasteiger partial charge in [0, 0.05) is 58.2 Å². The second kappa shape index (κ2) is 15.0. The molecule has 246 valence electrons. The van der Waals surface area contributed by atoms with Crippen LogP contribution in [0.15, 0.2) is 63.8 Å². The third kappa shape index (κ3) is 7.94. The van der Waals surface area contributed by atoms with Gasteiger partial charge in [-0.2, -0.15) is 11.8 Å². The molecule has 0 bridgehead atoms. The van der Waals surface area contributed by atoms with Crippen molar-refractivity contribution in [3.05, 3.63) is 70.4 Å². The van der Waals surface area contributed by atoms with Crippen LogP contribution in [0, 0.1) is 0 Å². The second-order valence-corrected chi connectivity index (χ2v) is 13.3. The predicted octanol–water partition coefficient (Wildman–Crippen LogP) is 6.81. The van der Waals surface area contributed by atoms with Crippen LogP contribution in [0.3, 0.4) is 0 Å². The number of thioether (sulfide) groups is 1. The van der Waals surface area contributed by atoms with E-state index in [0.717, 1.165) is 25.0 Å². The van der Waals surface area contributed by atoms with Crippen molar-refractivity contribution in [3.63, 3.8) is 0 Å². The number of thiocarbonyl (C=S) groups is 1. The number of carbonyl (C=O) groups is 3. The van der Waals surface area contributed by atoms with Gasteiger partial charge in [-0.1, -0.05) is 38.6 Å². The summed E-state index contributed by atoms with van der Waals surface area (Å²) in [5.74, 6) is 0.583. The first-order chi connectivity index (χ1) is 22.6. The maximum atomic E-state index is 12.1. The van der Waals surface area contributed by atoms with Crippen LogP contribution in [-0.2, 0) is 4.79 Å². The second-order valence-electron chi connectivity index (χ2n) is 11.5. The molecule has 2 amide bonds. The minimum atomic E-state index is -1.10. The molecule has 10 nitrogen and oxygen atoms in total. The van der Waals surface area contributed by atoms with Crippen LogP contribution < -0.4 is 21.4 Å². The number of carboxylic acid groups (broad SMARTS) is 1. The van der Waals surface area contributed by atoms with Crippen LogP contribution in [0.4, 0.5) is 10.5 Å². The summed E-state index contributed by atoms with van der Waals surface area (Å²) in [6.45, 7) is 3.83. The van der Waals surface area contributed by atoms with Gasteiger partial charge in [-0.25, -0.2) is 9.59 Å². The molecular weight excluding hydrogens is 639 g/mol. The molecule has 3 heterocycles. The van der Waals surface area contributed by atoms with E-state index in [1.807, 2.05) is 25.6 Å². The summed E-state index contributed by atoms with van der Waals surface area (Å²) in [6.07, 6.45) is 5.18. The first-order valence-corrected chi connectivity index (χ1v) is 17.1. The van der Waals surface area contributed by atoms with Gasteiger partial charge in [0.15, 0.2) is 5.43 Å². The van der Waals surface area contributed by atoms with Crippen molar-refractivity contribution < 1.29 is 29.0 Å². The highest BCUT2D eigenvalue weighted by atomic mass is 32.2. The van der Waals surface area contributed by atoms with Crippen LogP contribution >= 0.6 is 24.0 Å². The first-order valence-electron chi connectivity index (χ1n) is 15.6. The number of hydrogen-bond acceptors (Lipinski definition) is 8. The van der Waals surface area contributed by atoms with Crippen molar-refractivity contribution in [2.45, 2.75) is 69.7 Å². The lowest BCUT2D eigenvalue weighted by Gasteiger charge is -2.17. The topological polar surface area (TPSA) is 158 Å². The summed E-state index contributed by atoms with van der Waals surface area (Å²) in [5, 5.41) is 29.9. The number of unbranched alkanes of at least 4 members (excludes halogenated alkanes) is 1. The number of rotatable bonds is 10. The molecule has 0 radical (unpaired) electrons. The van der Waals surface area contributed by atoms with Gasteiger partial charge in [-0.15, -0.1) is 0 Å². The number of carbonyl (C=O) groups excluding carboxylic acids is 2. The molecule has 12 heteroatoms. The zero-order chi connectivity index (χ0) is 33.7. The van der Waals surface area contributed by atoms with Crippen LogP contribution in [0.5, 0.6) is 5.75 Å². The number of aromatic hydroxyl groups is 1. The Labute approximate surface area is 281 Å². The molecule has 1 aliphatic carbocycles. The molecule has 0 spiro atoms. The van der Waals surface area contributed by atoms with Crippen molar-refractivity contribution in [1.29, 1.82) is 0 Å². The molecule has 2 aromatic carbocycles. The van der Waals surface area contributed by atoms with E-state index in [4.69, 9.17) is 16.6 Å². The van der Waals surface area contributed by atoms with E-state index < -0.39 is 5.97 Å². The average Bonchev–Trinajstić information content (AvgIpc) is 3.60. The number of hydrogen-bond donors (Lipinski definition) is 5. The third-order valence-electron chi connectivity index (χ3n) is 8.33. The Morgan fingerprint density at radius 1 is 1.00 bits per heavy atom. The summed E-state index contributed by atoms with van der Waals surface area (Å²) < 4.78 is 5.82. The standard InChI is InChI=1S/C23H17NO5S.C12H20N2O2S/c1-2-21(30)24-12-3-6-15(18(9-12)23(27)28)22-16-7-4-13(25)10-19(16)29-20-11-14(26)5-8-17(20)22;1-2-8(15)5-3-4-6-10-11-9(7-17-10)13-12(16)14-11/h3-11,25H,2H2,1H3,(H,24,30)(H,27,28);9-11H,2-7H2,1H3,(H2,13,14,16)/t;9-,10-,11-/m.0/s1. The highest BCUT2D eigenvalue weighted by molar-refractivity contribution is 8.00. The lowest BCUT2D eigenvalue weighted by Crippen LogP contribution is -2.36. The smallest absolute Gasteiger partial charge is 0.336 e. The molecule has 2 aromatic rings. The van der Waals surface area contributed by atoms with E-state index in [1.165, 1.54) is 30.3 Å². The van der Waals surface area contributed by atoms with E-state index in [9.17, 15) is 29.4 Å². The Morgan fingerprint density at radius 2 is 1.79 bits per heavy atom. The number of aromatic carboxylic acids is 1. The monoisotopic (exact) mass is 675 g/mol. The molecule has 2 saturated heterocycles. The number of anilines is 1. The summed E-state index contributed by atoms with van der Waals surface area (Å²) in [6, 6.07) is 14.6. The number of urea groups is 1. The molecular formula is C35H37N3O7S2. The SMILES string of the molecule is CCC(=O)CCCC[C@@H]1SC[C@@H]2NC(=O)N[C@@H]21.CCC(=S)Nc1ccc(-c2c3ccc(=O)cc-3oc3cc(O)ccc23)c(C(=O)O)c1. The number of Topliss-reactive ketones (excluding diaryl/α,β-unsaturated/α-hetero) is 1. The molecule has 3 aliphatic heterocycles. The van der Waals surface area contributed by atoms with Crippen LogP contribution in [-0.4, -0.2) is 56.1 Å². The van der Waals surface area contributed by atoms with E-state index in [2.05, 4.69) is 16.0 Å². The van der Waals surface area contributed by atoms with Gasteiger partial charge in [-0.3, -0.25) is 9.59 Å². The Morgan fingerprint density at radius 3 is 2.53 bits per heavy atom. The molecule has 6 rings (SSSR count). The third-order valence-corrected chi connectivity index (χ3v) is 10.2. The molecule has 0 saturated carbocycles. The number of benzene rings is 3. The fourth-order valence-corrected chi connectivity index (χ4v) is 7.56. The summed E-state index contributed by atoms with van der Waals surface area (Å²) in [5.41, 5.74) is 2.43. The van der Waals surface area contributed by atoms with E-state index in [0.29, 0.717) is 86.5 Å². The lowest BCUT2D eigenvalue weighted by molar-refractivity contribution is -0.118. The molecule has 47 heavy (non-hydrogen) atoms. The van der Waals surface area contributed by atoms with Crippen molar-refractivity contribution in [2.24, 2.45) is 0 Å². The van der Waals surface area contributed by atoms with Crippen molar-refractivity contribution >= 4 is 63.4 Å². The van der Waals surface area contributed by atoms with Crippen molar-refractivity contribution in [2.75, 3.05) is 11.1 Å². The fourth-order valence-electron chi connectivity index (χ4n) is 5.90. The zero-order valence-electron chi connectivity index (χ0n) is 26.1. The number of ketones is 1. The van der Waals surface area contributed by atoms with Gasteiger partial charge in [0.2, 0.25) is 0 Å². The van der Waals surface area contributed by atoms with Gasteiger partial charge in [-0.05, 0) is 61.2 Å². The number of phenolic OH excluding ortho intramolecular Hbond substituents is 1. The van der Waals surface area contributed by atoms with Crippen LogP contribution in [0.25, 0.3) is 33.4 Å². The Balaban J connectivity index is 0.000000216. The highest BCUT2D eigenvalue weighted by Crippen LogP contribution is 2.42. The van der Waals surface area contributed by atoms with E-state index in [1.54, 1.807) is 24.3 Å². The molecule has 2 fully saturated rings. The number of fused-ring (bicyclic) bond motifs is 3. The highest BCUT2D eigenvalue weighted by Gasteiger charge is 2.42. The van der Waals surface area contributed by atoms with Crippen LogP contribution in [0.2, 0.25) is 0 Å². The number of amides is 2. The zero-order valence-corrected chi connectivity index (χ0v) is 27.8. The Bertz CT molecular complexity index is 1860. The summed E-state index contributed by atoms with van der Waals surface area (Å²) >= 11 is 7.14. The van der Waals surface area contributed by atoms with Crippen LogP contribution in [0.1, 0.15) is 62.7 Å². The van der Waals surface area contributed by atoms with Gasteiger partial charge < -0.3 is 30.6 Å². The van der Waals surface area contributed by atoms with Gasteiger partial charge in [0.25, 0.3) is 0 Å².